The Morgan fingerprint density at radius 1 is 1.26 bits per heavy atom. The molecular formula is C16H22O3. The molecule has 1 aromatic carbocycles. The van der Waals surface area contributed by atoms with Crippen molar-refractivity contribution in [2.24, 2.45) is 5.92 Å². The number of benzene rings is 1. The first-order valence-electron chi connectivity index (χ1n) is 6.93. The molecule has 0 saturated heterocycles. The number of carbonyl (C=O) groups is 1. The van der Waals surface area contributed by atoms with Crippen molar-refractivity contribution in [2.45, 2.75) is 51.9 Å². The van der Waals surface area contributed by atoms with Crippen LogP contribution in [0.1, 0.15) is 52.0 Å². The third-order valence-corrected chi connectivity index (χ3v) is 3.68. The van der Waals surface area contributed by atoms with Gasteiger partial charge in [-0.15, -0.1) is 0 Å². The van der Waals surface area contributed by atoms with Gasteiger partial charge in [-0.3, -0.25) is 4.79 Å². The van der Waals surface area contributed by atoms with Gasteiger partial charge in [-0.25, -0.2) is 0 Å². The number of rotatable bonds is 2. The molecule has 0 aromatic heterocycles. The summed E-state index contributed by atoms with van der Waals surface area (Å²) in [6.07, 6.45) is 4.09. The van der Waals surface area contributed by atoms with E-state index in [-0.39, 0.29) is 23.1 Å². The average molecular weight is 262 g/mol. The van der Waals surface area contributed by atoms with Crippen molar-refractivity contribution in [1.82, 2.24) is 0 Å². The smallest absolute Gasteiger partial charge is 0.314 e. The van der Waals surface area contributed by atoms with Crippen LogP contribution in [0.4, 0.5) is 0 Å². The van der Waals surface area contributed by atoms with E-state index in [0.717, 1.165) is 31.2 Å². The number of phenols is 1. The summed E-state index contributed by atoms with van der Waals surface area (Å²) in [6.45, 7) is 6.06. The molecule has 0 heterocycles. The second kappa shape index (κ2) is 5.24. The lowest BCUT2D eigenvalue weighted by Crippen LogP contribution is -2.18. The molecule has 2 rings (SSSR count). The van der Waals surface area contributed by atoms with Crippen LogP contribution in [0, 0.1) is 5.92 Å². The van der Waals surface area contributed by atoms with Crippen LogP contribution in [0.15, 0.2) is 18.2 Å². The van der Waals surface area contributed by atoms with E-state index in [0.29, 0.717) is 5.75 Å². The van der Waals surface area contributed by atoms with Crippen molar-refractivity contribution in [2.75, 3.05) is 0 Å². The fraction of sp³-hybridized carbons (Fsp3) is 0.562. The van der Waals surface area contributed by atoms with Gasteiger partial charge >= 0.3 is 5.97 Å². The van der Waals surface area contributed by atoms with Crippen LogP contribution in [0.5, 0.6) is 11.5 Å². The van der Waals surface area contributed by atoms with E-state index in [9.17, 15) is 9.90 Å². The van der Waals surface area contributed by atoms with Crippen LogP contribution in [0.25, 0.3) is 0 Å². The summed E-state index contributed by atoms with van der Waals surface area (Å²) in [4.78, 5) is 12.0. The van der Waals surface area contributed by atoms with Gasteiger partial charge in [-0.05, 0) is 36.5 Å². The second-order valence-corrected chi connectivity index (χ2v) is 6.33. The summed E-state index contributed by atoms with van der Waals surface area (Å²) in [5, 5.41) is 9.88. The molecule has 1 aliphatic carbocycles. The van der Waals surface area contributed by atoms with E-state index in [2.05, 4.69) is 0 Å². The fourth-order valence-electron chi connectivity index (χ4n) is 2.54. The van der Waals surface area contributed by atoms with Crippen LogP contribution in [0.2, 0.25) is 0 Å². The minimum atomic E-state index is -0.181. The predicted octanol–water partition coefficient (Wildman–Crippen LogP) is 3.79. The molecule has 1 aromatic rings. The van der Waals surface area contributed by atoms with Crippen LogP contribution >= 0.6 is 0 Å². The highest BCUT2D eigenvalue weighted by Crippen LogP contribution is 2.34. The minimum absolute atomic E-state index is 0.0480. The molecule has 0 atom stereocenters. The lowest BCUT2D eigenvalue weighted by molar-refractivity contribution is -0.138. The van der Waals surface area contributed by atoms with Gasteiger partial charge in [-0.1, -0.05) is 33.6 Å². The maximum absolute atomic E-state index is 12.0. The highest BCUT2D eigenvalue weighted by molar-refractivity contribution is 5.75. The largest absolute Gasteiger partial charge is 0.508 e. The number of phenolic OH excluding ortho intramolecular Hbond substituents is 1. The van der Waals surface area contributed by atoms with Gasteiger partial charge in [0.1, 0.15) is 11.5 Å². The number of carbonyl (C=O) groups excluding carboxylic acids is 1. The van der Waals surface area contributed by atoms with Crippen molar-refractivity contribution in [3.8, 4) is 11.5 Å². The summed E-state index contributed by atoms with van der Waals surface area (Å²) in [7, 11) is 0. The predicted molar refractivity (Wildman–Crippen MR) is 74.4 cm³/mol. The zero-order chi connectivity index (χ0) is 14.0. The Labute approximate surface area is 114 Å². The minimum Gasteiger partial charge on any atom is -0.508 e. The topological polar surface area (TPSA) is 46.5 Å². The Kier molecular flexibility index (Phi) is 3.83. The zero-order valence-electron chi connectivity index (χ0n) is 11.9. The molecule has 3 nitrogen and oxygen atoms in total. The van der Waals surface area contributed by atoms with E-state index >= 15 is 0 Å². The van der Waals surface area contributed by atoms with Gasteiger partial charge in [0.2, 0.25) is 0 Å². The molecule has 104 valence electrons. The Morgan fingerprint density at radius 3 is 2.47 bits per heavy atom. The quantitative estimate of drug-likeness (QED) is 0.651. The first-order valence-corrected chi connectivity index (χ1v) is 6.93. The molecule has 0 amide bonds. The Balaban J connectivity index is 2.15. The molecule has 1 aliphatic rings. The van der Waals surface area contributed by atoms with Crippen molar-refractivity contribution >= 4 is 5.97 Å². The number of esters is 1. The molecular weight excluding hydrogens is 240 g/mol. The van der Waals surface area contributed by atoms with Crippen molar-refractivity contribution in [3.05, 3.63) is 23.8 Å². The summed E-state index contributed by atoms with van der Waals surface area (Å²) in [5.41, 5.74) is 0.615. The molecule has 0 aliphatic heterocycles. The molecule has 1 N–H and O–H groups in total. The Morgan fingerprint density at radius 2 is 1.89 bits per heavy atom. The number of hydrogen-bond acceptors (Lipinski definition) is 3. The van der Waals surface area contributed by atoms with Gasteiger partial charge < -0.3 is 9.84 Å². The van der Waals surface area contributed by atoms with E-state index in [1.54, 1.807) is 18.2 Å². The number of hydrogen-bond donors (Lipinski definition) is 1. The van der Waals surface area contributed by atoms with Gasteiger partial charge in [0, 0.05) is 5.56 Å². The normalized spacial score (nSPS) is 16.6. The lowest BCUT2D eigenvalue weighted by atomic mass is 9.86. The highest BCUT2D eigenvalue weighted by Gasteiger charge is 2.25. The van der Waals surface area contributed by atoms with Crippen molar-refractivity contribution < 1.29 is 14.6 Å². The van der Waals surface area contributed by atoms with Gasteiger partial charge in [0.05, 0.1) is 5.92 Å². The number of ether oxygens (including phenoxy) is 1. The highest BCUT2D eigenvalue weighted by atomic mass is 16.5. The monoisotopic (exact) mass is 262 g/mol. The standard InChI is InChI=1S/C16H22O3/c1-16(2,3)13-10-12(8-9-14(13)17)19-15(18)11-6-4-5-7-11/h8-11,17H,4-7H2,1-3H3. The first-order chi connectivity index (χ1) is 8.88. The summed E-state index contributed by atoms with van der Waals surface area (Å²) < 4.78 is 5.44. The molecule has 0 bridgehead atoms. The maximum Gasteiger partial charge on any atom is 0.314 e. The summed E-state index contributed by atoms with van der Waals surface area (Å²) in [5.74, 6) is 0.683. The van der Waals surface area contributed by atoms with Crippen LogP contribution < -0.4 is 4.74 Å². The number of aromatic hydroxyl groups is 1. The van der Waals surface area contributed by atoms with E-state index in [1.165, 1.54) is 0 Å². The Hall–Kier alpha value is -1.51. The maximum atomic E-state index is 12.0. The molecule has 0 unspecified atom stereocenters. The average Bonchev–Trinajstić information content (AvgIpc) is 2.83. The molecule has 3 heteroatoms. The molecule has 1 fully saturated rings. The molecule has 1 saturated carbocycles. The third-order valence-electron chi connectivity index (χ3n) is 3.68. The van der Waals surface area contributed by atoms with Crippen LogP contribution in [0.3, 0.4) is 0 Å². The molecule has 0 radical (unpaired) electrons. The zero-order valence-corrected chi connectivity index (χ0v) is 11.9. The Bertz CT molecular complexity index is 465. The molecule has 19 heavy (non-hydrogen) atoms. The van der Waals surface area contributed by atoms with Crippen molar-refractivity contribution in [3.63, 3.8) is 0 Å². The molecule has 0 spiro atoms. The van der Waals surface area contributed by atoms with E-state index in [1.807, 2.05) is 20.8 Å². The first kappa shape index (κ1) is 13.9. The van der Waals surface area contributed by atoms with Crippen molar-refractivity contribution in [1.29, 1.82) is 0 Å². The van der Waals surface area contributed by atoms with Crippen LogP contribution in [-0.2, 0) is 10.2 Å². The van der Waals surface area contributed by atoms with E-state index < -0.39 is 0 Å². The summed E-state index contributed by atoms with van der Waals surface area (Å²) >= 11 is 0. The van der Waals surface area contributed by atoms with E-state index in [4.69, 9.17) is 4.74 Å². The summed E-state index contributed by atoms with van der Waals surface area (Å²) in [6, 6.07) is 5.01. The second-order valence-electron chi connectivity index (χ2n) is 6.33. The third kappa shape index (κ3) is 3.28. The fourth-order valence-corrected chi connectivity index (χ4v) is 2.54. The van der Waals surface area contributed by atoms with Gasteiger partial charge in [0.15, 0.2) is 0 Å². The van der Waals surface area contributed by atoms with Gasteiger partial charge in [0.25, 0.3) is 0 Å². The lowest BCUT2D eigenvalue weighted by Gasteiger charge is -2.21. The SMILES string of the molecule is CC(C)(C)c1cc(OC(=O)C2CCCC2)ccc1O. The van der Waals surface area contributed by atoms with Gasteiger partial charge in [-0.2, -0.15) is 0 Å². The van der Waals surface area contributed by atoms with Crippen LogP contribution in [-0.4, -0.2) is 11.1 Å².